The van der Waals surface area contributed by atoms with Crippen molar-refractivity contribution < 1.29 is 22.7 Å². The molecule has 0 heterocycles. The van der Waals surface area contributed by atoms with Gasteiger partial charge in [-0.2, -0.15) is 0 Å². The van der Waals surface area contributed by atoms with Crippen LogP contribution in [0, 0.1) is 0 Å². The van der Waals surface area contributed by atoms with Gasteiger partial charge in [0.2, 0.25) is 11.8 Å². The number of nitrogens with one attached hydrogen (secondary N) is 1. The van der Waals surface area contributed by atoms with Crippen molar-refractivity contribution in [2.45, 2.75) is 50.2 Å². The molecule has 0 aromatic heterocycles. The third kappa shape index (κ3) is 9.02. The summed E-state index contributed by atoms with van der Waals surface area (Å²) < 4.78 is 34.5. The van der Waals surface area contributed by atoms with Crippen molar-refractivity contribution in [2.75, 3.05) is 18.0 Å². The van der Waals surface area contributed by atoms with Crippen LogP contribution in [0.25, 0.3) is 0 Å². The van der Waals surface area contributed by atoms with Crippen LogP contribution in [0.3, 0.4) is 0 Å². The lowest BCUT2D eigenvalue weighted by atomic mass is 10.0. The average Bonchev–Trinajstić information content (AvgIpc) is 3.03. The summed E-state index contributed by atoms with van der Waals surface area (Å²) in [5.74, 6) is -0.451. The van der Waals surface area contributed by atoms with E-state index >= 15 is 0 Å². The molecule has 4 aromatic carbocycles. The number of sulfonamides is 1. The van der Waals surface area contributed by atoms with Crippen molar-refractivity contribution in [3.05, 3.63) is 124 Å². The number of hydrogen-bond acceptors (Lipinski definition) is 5. The number of nitrogens with zero attached hydrogens (tertiary/aromatic N) is 2. The quantitative estimate of drug-likeness (QED) is 0.178. The Labute approximate surface area is 280 Å². The van der Waals surface area contributed by atoms with Crippen LogP contribution >= 0.6 is 23.2 Å². The number of hydrogen-bond donors (Lipinski definition) is 1. The zero-order valence-electron chi connectivity index (χ0n) is 26.1. The molecule has 0 bridgehead atoms. The van der Waals surface area contributed by atoms with Gasteiger partial charge in [0.25, 0.3) is 10.0 Å². The van der Waals surface area contributed by atoms with E-state index in [0.717, 1.165) is 9.87 Å². The molecule has 11 heteroatoms. The number of methoxy groups -OCH3 is 1. The van der Waals surface area contributed by atoms with Crippen LogP contribution in [0.2, 0.25) is 10.0 Å². The molecular weight excluding hydrogens is 645 g/mol. The van der Waals surface area contributed by atoms with Crippen LogP contribution in [0.1, 0.15) is 31.9 Å². The van der Waals surface area contributed by atoms with Crippen LogP contribution in [0.4, 0.5) is 5.69 Å². The fraction of sp³-hybridized carbons (Fsp3) is 0.257. The lowest BCUT2D eigenvalue weighted by Crippen LogP contribution is -2.56. The van der Waals surface area contributed by atoms with E-state index in [-0.39, 0.29) is 34.5 Å². The topological polar surface area (TPSA) is 96.0 Å². The van der Waals surface area contributed by atoms with Gasteiger partial charge in [-0.3, -0.25) is 13.9 Å². The number of anilines is 1. The van der Waals surface area contributed by atoms with E-state index in [4.69, 9.17) is 27.9 Å². The minimum Gasteiger partial charge on any atom is -0.497 e. The highest BCUT2D eigenvalue weighted by atomic mass is 35.5. The van der Waals surface area contributed by atoms with Gasteiger partial charge in [-0.25, -0.2) is 8.42 Å². The number of amides is 2. The Hall–Kier alpha value is -4.05. The third-order valence-corrected chi connectivity index (χ3v) is 9.60. The fourth-order valence-electron chi connectivity index (χ4n) is 4.84. The molecule has 0 fully saturated rings. The molecule has 0 aliphatic heterocycles. The zero-order chi connectivity index (χ0) is 33.5. The lowest BCUT2D eigenvalue weighted by Gasteiger charge is -2.35. The van der Waals surface area contributed by atoms with Gasteiger partial charge in [0.05, 0.1) is 27.7 Å². The smallest absolute Gasteiger partial charge is 0.264 e. The van der Waals surface area contributed by atoms with Gasteiger partial charge in [0.1, 0.15) is 18.3 Å². The molecule has 8 nitrogen and oxygen atoms in total. The molecule has 0 aliphatic rings. The van der Waals surface area contributed by atoms with Gasteiger partial charge in [-0.05, 0) is 80.4 Å². The number of rotatable bonds is 12. The van der Waals surface area contributed by atoms with Crippen molar-refractivity contribution in [3.63, 3.8) is 0 Å². The Morgan fingerprint density at radius 3 is 2.00 bits per heavy atom. The molecule has 46 heavy (non-hydrogen) atoms. The number of benzene rings is 4. The highest BCUT2D eigenvalue weighted by molar-refractivity contribution is 7.92. The molecule has 1 atom stereocenters. The molecule has 0 saturated heterocycles. The number of carbonyl (C=O) groups excluding carboxylic acids is 2. The van der Waals surface area contributed by atoms with Gasteiger partial charge < -0.3 is 15.0 Å². The second-order valence-electron chi connectivity index (χ2n) is 11.7. The van der Waals surface area contributed by atoms with Gasteiger partial charge in [0.15, 0.2) is 0 Å². The SMILES string of the molecule is COc1ccc(N(CC(=O)N(Cc2ccc(Cl)c(Cl)c2)[C@@H](Cc2ccccc2)C(=O)NC(C)(C)C)S(=O)(=O)c2ccccc2)cc1. The molecule has 0 radical (unpaired) electrons. The largest absolute Gasteiger partial charge is 0.497 e. The predicted molar refractivity (Wildman–Crippen MR) is 183 cm³/mol. The number of halogens is 2. The Bertz CT molecular complexity index is 1750. The molecule has 1 N–H and O–H groups in total. The Kier molecular flexibility index (Phi) is 11.4. The average molecular weight is 683 g/mol. The van der Waals surface area contributed by atoms with Crippen LogP contribution in [-0.4, -0.2) is 50.4 Å². The first-order chi connectivity index (χ1) is 21.8. The number of ether oxygens (including phenoxy) is 1. The molecule has 2 amide bonds. The van der Waals surface area contributed by atoms with E-state index in [9.17, 15) is 18.0 Å². The molecule has 4 aromatic rings. The van der Waals surface area contributed by atoms with Gasteiger partial charge >= 0.3 is 0 Å². The first-order valence-corrected chi connectivity index (χ1v) is 16.8. The van der Waals surface area contributed by atoms with E-state index in [1.807, 2.05) is 51.1 Å². The summed E-state index contributed by atoms with van der Waals surface area (Å²) in [6, 6.07) is 27.6. The van der Waals surface area contributed by atoms with E-state index in [1.165, 1.54) is 24.1 Å². The van der Waals surface area contributed by atoms with E-state index in [2.05, 4.69) is 5.32 Å². The summed E-state index contributed by atoms with van der Waals surface area (Å²) in [6.45, 7) is 4.94. The molecule has 0 saturated carbocycles. The lowest BCUT2D eigenvalue weighted by molar-refractivity contribution is -0.140. The normalized spacial score (nSPS) is 12.2. The Morgan fingerprint density at radius 2 is 1.43 bits per heavy atom. The van der Waals surface area contributed by atoms with Crippen molar-refractivity contribution in [2.24, 2.45) is 0 Å². The van der Waals surface area contributed by atoms with E-state index < -0.39 is 34.1 Å². The molecule has 4 rings (SSSR count). The summed E-state index contributed by atoms with van der Waals surface area (Å²) in [6.07, 6.45) is 0.184. The number of carbonyl (C=O) groups is 2. The van der Waals surface area contributed by atoms with Crippen LogP contribution in [0.15, 0.2) is 108 Å². The van der Waals surface area contributed by atoms with Gasteiger partial charge in [0, 0.05) is 18.5 Å². The van der Waals surface area contributed by atoms with Crippen molar-refractivity contribution in [1.82, 2.24) is 10.2 Å². The summed E-state index contributed by atoms with van der Waals surface area (Å²) >= 11 is 12.5. The second-order valence-corrected chi connectivity index (χ2v) is 14.4. The highest BCUT2D eigenvalue weighted by Gasteiger charge is 2.35. The third-order valence-electron chi connectivity index (χ3n) is 7.08. The van der Waals surface area contributed by atoms with Crippen molar-refractivity contribution in [1.29, 1.82) is 0 Å². The zero-order valence-corrected chi connectivity index (χ0v) is 28.4. The van der Waals surface area contributed by atoms with Crippen molar-refractivity contribution in [3.8, 4) is 5.75 Å². The van der Waals surface area contributed by atoms with Crippen LogP contribution < -0.4 is 14.4 Å². The Morgan fingerprint density at radius 1 is 0.826 bits per heavy atom. The molecule has 242 valence electrons. The molecule has 0 aliphatic carbocycles. The summed E-state index contributed by atoms with van der Waals surface area (Å²) in [4.78, 5) is 29.9. The van der Waals surface area contributed by atoms with Crippen LogP contribution in [-0.2, 0) is 32.6 Å². The van der Waals surface area contributed by atoms with E-state index in [1.54, 1.807) is 60.7 Å². The maximum absolute atomic E-state index is 14.5. The first kappa shape index (κ1) is 34.8. The first-order valence-electron chi connectivity index (χ1n) is 14.6. The summed E-state index contributed by atoms with van der Waals surface area (Å²) in [7, 11) is -2.71. The van der Waals surface area contributed by atoms with Crippen molar-refractivity contribution >= 4 is 50.7 Å². The fourth-order valence-corrected chi connectivity index (χ4v) is 6.59. The second kappa shape index (κ2) is 15.0. The maximum Gasteiger partial charge on any atom is 0.264 e. The monoisotopic (exact) mass is 681 g/mol. The maximum atomic E-state index is 14.5. The predicted octanol–water partition coefficient (Wildman–Crippen LogP) is 6.75. The van der Waals surface area contributed by atoms with Gasteiger partial charge in [-0.1, -0.05) is 77.8 Å². The minimum absolute atomic E-state index is 0.0148. The molecular formula is C35H37Cl2N3O5S. The molecule has 0 spiro atoms. The molecule has 0 unspecified atom stereocenters. The van der Waals surface area contributed by atoms with Gasteiger partial charge in [-0.15, -0.1) is 0 Å². The minimum atomic E-state index is -4.22. The van der Waals surface area contributed by atoms with E-state index in [0.29, 0.717) is 16.3 Å². The summed E-state index contributed by atoms with van der Waals surface area (Å²) in [5, 5.41) is 3.64. The van der Waals surface area contributed by atoms with Crippen LogP contribution in [0.5, 0.6) is 5.75 Å². The highest BCUT2D eigenvalue weighted by Crippen LogP contribution is 2.28. The Balaban J connectivity index is 1.83. The standard InChI is InChI=1S/C35H37Cl2N3O5S/c1-35(2,3)38-34(42)32(22-25-11-7-5-8-12-25)39(23-26-15-20-30(36)31(37)21-26)33(41)24-40(27-16-18-28(45-4)19-17-27)46(43,44)29-13-9-6-10-14-29/h5-21,32H,22-24H2,1-4H3,(H,38,42)/t32-/m0/s1. The summed E-state index contributed by atoms with van der Waals surface area (Å²) in [5.41, 5.74) is 1.10.